The topological polar surface area (TPSA) is 62.2 Å². The van der Waals surface area contributed by atoms with Crippen LogP contribution in [0.4, 0.5) is 0 Å². The minimum atomic E-state index is -0.714. The van der Waals surface area contributed by atoms with E-state index >= 15 is 0 Å². The quantitative estimate of drug-likeness (QED) is 0.759. The largest absolute Gasteiger partial charge is 0.490 e. The second kappa shape index (κ2) is 8.46. The molecule has 1 N–H and O–H groups in total. The molecule has 1 aromatic carbocycles. The van der Waals surface area contributed by atoms with Gasteiger partial charge in [-0.2, -0.15) is 0 Å². The van der Waals surface area contributed by atoms with Crippen molar-refractivity contribution in [2.75, 3.05) is 53.0 Å². The minimum Gasteiger partial charge on any atom is -0.490 e. The minimum absolute atomic E-state index is 0.00840. The average Bonchev–Trinajstić information content (AvgIpc) is 2.54. The van der Waals surface area contributed by atoms with E-state index < -0.39 is 5.60 Å². The van der Waals surface area contributed by atoms with Crippen molar-refractivity contribution in [1.29, 1.82) is 0 Å². The second-order valence-corrected chi connectivity index (χ2v) is 6.72. The van der Waals surface area contributed by atoms with Gasteiger partial charge in [-0.15, -0.1) is 0 Å². The zero-order chi connectivity index (χ0) is 17.6. The molecule has 24 heavy (non-hydrogen) atoms. The molecule has 134 valence electrons. The molecule has 0 saturated carbocycles. The molecule has 0 atom stereocenters. The Balaban J connectivity index is 1.95. The lowest BCUT2D eigenvalue weighted by molar-refractivity contribution is 0.0177. The van der Waals surface area contributed by atoms with Crippen LogP contribution in [0.25, 0.3) is 0 Å². The Morgan fingerprint density at radius 2 is 1.83 bits per heavy atom. The SMILES string of the molecule is COCCOc1ccccc1C(=O)N1CCN(CC(C)(C)O)CC1. The molecule has 1 heterocycles. The van der Waals surface area contributed by atoms with Crippen LogP contribution in [0.15, 0.2) is 24.3 Å². The van der Waals surface area contributed by atoms with Crippen molar-refractivity contribution in [3.8, 4) is 5.75 Å². The number of carbonyl (C=O) groups excluding carboxylic acids is 1. The zero-order valence-electron chi connectivity index (χ0n) is 14.8. The molecule has 0 bridgehead atoms. The van der Waals surface area contributed by atoms with Gasteiger partial charge >= 0.3 is 0 Å². The standard InChI is InChI=1S/C18H28N2O4/c1-18(2,22)14-19-8-10-20(11-9-19)17(21)15-6-4-5-7-16(15)24-13-12-23-3/h4-7,22H,8-14H2,1-3H3. The van der Waals surface area contributed by atoms with E-state index in [4.69, 9.17) is 9.47 Å². The third-order valence-electron chi connectivity index (χ3n) is 3.93. The van der Waals surface area contributed by atoms with Gasteiger partial charge in [-0.05, 0) is 26.0 Å². The summed E-state index contributed by atoms with van der Waals surface area (Å²) < 4.78 is 10.6. The summed E-state index contributed by atoms with van der Waals surface area (Å²) in [5, 5.41) is 9.91. The fourth-order valence-corrected chi connectivity index (χ4v) is 2.83. The van der Waals surface area contributed by atoms with Crippen molar-refractivity contribution in [2.45, 2.75) is 19.4 Å². The number of carbonyl (C=O) groups is 1. The van der Waals surface area contributed by atoms with Crippen molar-refractivity contribution >= 4 is 5.91 Å². The van der Waals surface area contributed by atoms with Crippen LogP contribution in [0.5, 0.6) is 5.75 Å². The number of hydrogen-bond donors (Lipinski definition) is 1. The predicted molar refractivity (Wildman–Crippen MR) is 92.5 cm³/mol. The molecule has 0 radical (unpaired) electrons. The van der Waals surface area contributed by atoms with Gasteiger partial charge in [0.05, 0.1) is 17.8 Å². The summed E-state index contributed by atoms with van der Waals surface area (Å²) in [6.07, 6.45) is 0. The van der Waals surface area contributed by atoms with Gasteiger partial charge in [0.2, 0.25) is 0 Å². The number of hydrogen-bond acceptors (Lipinski definition) is 5. The van der Waals surface area contributed by atoms with E-state index in [0.29, 0.717) is 44.2 Å². The first-order chi connectivity index (χ1) is 11.4. The summed E-state index contributed by atoms with van der Waals surface area (Å²) in [7, 11) is 1.62. The van der Waals surface area contributed by atoms with Crippen molar-refractivity contribution in [3.63, 3.8) is 0 Å². The van der Waals surface area contributed by atoms with Crippen molar-refractivity contribution in [3.05, 3.63) is 29.8 Å². The molecule has 6 heteroatoms. The van der Waals surface area contributed by atoms with E-state index in [-0.39, 0.29) is 5.91 Å². The molecule has 1 aliphatic heterocycles. The first-order valence-electron chi connectivity index (χ1n) is 8.35. The van der Waals surface area contributed by atoms with Crippen LogP contribution >= 0.6 is 0 Å². The molecule has 0 aliphatic carbocycles. The third-order valence-corrected chi connectivity index (χ3v) is 3.93. The second-order valence-electron chi connectivity index (χ2n) is 6.72. The highest BCUT2D eigenvalue weighted by molar-refractivity contribution is 5.97. The van der Waals surface area contributed by atoms with Gasteiger partial charge in [0.1, 0.15) is 12.4 Å². The number of aliphatic hydroxyl groups is 1. The first-order valence-corrected chi connectivity index (χ1v) is 8.35. The number of benzene rings is 1. The number of amides is 1. The molecule has 1 aromatic rings. The van der Waals surface area contributed by atoms with Crippen molar-refractivity contribution in [1.82, 2.24) is 9.80 Å². The number of rotatable bonds is 7. The van der Waals surface area contributed by atoms with E-state index in [1.54, 1.807) is 27.0 Å². The van der Waals surface area contributed by atoms with Gasteiger partial charge in [0.25, 0.3) is 5.91 Å². The maximum Gasteiger partial charge on any atom is 0.257 e. The maximum absolute atomic E-state index is 12.8. The maximum atomic E-state index is 12.8. The lowest BCUT2D eigenvalue weighted by atomic mass is 10.1. The number of para-hydroxylation sites is 1. The average molecular weight is 336 g/mol. The summed E-state index contributed by atoms with van der Waals surface area (Å²) in [6.45, 7) is 7.97. The fraction of sp³-hybridized carbons (Fsp3) is 0.611. The molecule has 2 rings (SSSR count). The number of piperazine rings is 1. The zero-order valence-corrected chi connectivity index (χ0v) is 14.8. The Bertz CT molecular complexity index is 534. The molecule has 1 saturated heterocycles. The Morgan fingerprint density at radius 3 is 2.46 bits per heavy atom. The third kappa shape index (κ3) is 5.47. The molecule has 1 fully saturated rings. The summed E-state index contributed by atoms with van der Waals surface area (Å²) in [4.78, 5) is 16.8. The molecule has 1 aliphatic rings. The monoisotopic (exact) mass is 336 g/mol. The highest BCUT2D eigenvalue weighted by Gasteiger charge is 2.26. The Hall–Kier alpha value is -1.63. The van der Waals surface area contributed by atoms with Crippen LogP contribution < -0.4 is 4.74 Å². The van der Waals surface area contributed by atoms with E-state index in [9.17, 15) is 9.90 Å². The highest BCUT2D eigenvalue weighted by atomic mass is 16.5. The lowest BCUT2D eigenvalue weighted by Crippen LogP contribution is -2.52. The molecule has 6 nitrogen and oxygen atoms in total. The molecule has 0 spiro atoms. The Kier molecular flexibility index (Phi) is 6.60. The van der Waals surface area contributed by atoms with Crippen molar-refractivity contribution in [2.24, 2.45) is 0 Å². The van der Waals surface area contributed by atoms with Gasteiger partial charge in [0.15, 0.2) is 0 Å². The molecule has 1 amide bonds. The number of ether oxygens (including phenoxy) is 2. The summed E-state index contributed by atoms with van der Waals surface area (Å²) >= 11 is 0. The van der Waals surface area contributed by atoms with E-state index in [1.165, 1.54) is 0 Å². The smallest absolute Gasteiger partial charge is 0.257 e. The van der Waals surface area contributed by atoms with Gasteiger partial charge in [-0.1, -0.05) is 12.1 Å². The first kappa shape index (κ1) is 18.7. The Morgan fingerprint density at radius 1 is 1.17 bits per heavy atom. The predicted octanol–water partition coefficient (Wildman–Crippen LogP) is 1.24. The van der Waals surface area contributed by atoms with Crippen molar-refractivity contribution < 1.29 is 19.4 Å². The van der Waals surface area contributed by atoms with E-state index in [1.807, 2.05) is 23.1 Å². The number of nitrogens with zero attached hydrogens (tertiary/aromatic N) is 2. The lowest BCUT2D eigenvalue weighted by Gasteiger charge is -2.37. The van der Waals surface area contributed by atoms with Crippen LogP contribution in [0.1, 0.15) is 24.2 Å². The molecule has 0 aromatic heterocycles. The molecule has 0 unspecified atom stereocenters. The van der Waals surface area contributed by atoms with Crippen LogP contribution in [0.3, 0.4) is 0 Å². The van der Waals surface area contributed by atoms with Gasteiger partial charge in [-0.25, -0.2) is 0 Å². The molecular formula is C18H28N2O4. The summed E-state index contributed by atoms with van der Waals surface area (Å²) in [5.41, 5.74) is -0.127. The van der Waals surface area contributed by atoms with Crippen LogP contribution in [0, 0.1) is 0 Å². The van der Waals surface area contributed by atoms with Gasteiger partial charge in [-0.3, -0.25) is 9.69 Å². The highest BCUT2D eigenvalue weighted by Crippen LogP contribution is 2.21. The number of methoxy groups -OCH3 is 1. The van der Waals surface area contributed by atoms with Crippen LogP contribution in [-0.2, 0) is 4.74 Å². The van der Waals surface area contributed by atoms with Gasteiger partial charge < -0.3 is 19.5 Å². The van der Waals surface area contributed by atoms with Crippen LogP contribution in [0.2, 0.25) is 0 Å². The van der Waals surface area contributed by atoms with Crippen LogP contribution in [-0.4, -0.2) is 79.5 Å². The Labute approximate surface area is 144 Å². The van der Waals surface area contributed by atoms with Gasteiger partial charge in [0, 0.05) is 39.8 Å². The summed E-state index contributed by atoms with van der Waals surface area (Å²) in [6, 6.07) is 7.32. The molecular weight excluding hydrogens is 308 g/mol. The normalized spacial score (nSPS) is 16.2. The fourth-order valence-electron chi connectivity index (χ4n) is 2.83. The van der Waals surface area contributed by atoms with E-state index in [2.05, 4.69) is 4.90 Å². The number of β-amino-alcohol motifs (C(OH)–C–C–N with tert-alkyl or cyclic N) is 1. The summed E-state index contributed by atoms with van der Waals surface area (Å²) in [5.74, 6) is 0.587. The van der Waals surface area contributed by atoms with E-state index in [0.717, 1.165) is 13.1 Å².